The van der Waals surface area contributed by atoms with Crippen LogP contribution in [0.5, 0.6) is 0 Å². The molecule has 1 aromatic rings. The number of carbonyl (C=O) groups excluding carboxylic acids is 1. The second-order valence-corrected chi connectivity index (χ2v) is 4.07. The van der Waals surface area contributed by atoms with Crippen molar-refractivity contribution < 1.29 is 9.53 Å². The number of hydrogen-bond acceptors (Lipinski definition) is 6. The van der Waals surface area contributed by atoms with E-state index in [4.69, 9.17) is 4.74 Å². The van der Waals surface area contributed by atoms with Crippen LogP contribution in [0.15, 0.2) is 6.07 Å². The second kappa shape index (κ2) is 9.08. The zero-order valence-electron chi connectivity index (χ0n) is 12.3. The monoisotopic (exact) mass is 281 g/mol. The number of anilines is 2. The number of nitrogens with zero attached hydrogens (tertiary/aromatic N) is 2. The maximum Gasteiger partial charge on any atom is 0.221 e. The van der Waals surface area contributed by atoms with Crippen molar-refractivity contribution in [3.05, 3.63) is 11.9 Å². The van der Waals surface area contributed by atoms with Gasteiger partial charge in [-0.2, -0.15) is 0 Å². The summed E-state index contributed by atoms with van der Waals surface area (Å²) in [7, 11) is 1.62. The number of hydrogen-bond donors (Lipinski definition) is 3. The fraction of sp³-hybridized carbons (Fsp3) is 0.615. The first kappa shape index (κ1) is 16.2. The molecule has 0 aromatic carbocycles. The Balaban J connectivity index is 2.66. The summed E-state index contributed by atoms with van der Waals surface area (Å²) in [6.07, 6.45) is 0.401. The zero-order chi connectivity index (χ0) is 14.8. The van der Waals surface area contributed by atoms with Crippen molar-refractivity contribution in [2.45, 2.75) is 26.9 Å². The van der Waals surface area contributed by atoms with Gasteiger partial charge in [-0.1, -0.05) is 0 Å². The molecule has 0 fully saturated rings. The molecular weight excluding hydrogens is 258 g/mol. The molecule has 0 spiro atoms. The van der Waals surface area contributed by atoms with Crippen molar-refractivity contribution in [1.82, 2.24) is 15.3 Å². The molecule has 112 valence electrons. The Morgan fingerprint density at radius 2 is 1.95 bits per heavy atom. The molecule has 1 aromatic heterocycles. The highest BCUT2D eigenvalue weighted by atomic mass is 16.5. The van der Waals surface area contributed by atoms with E-state index in [1.165, 1.54) is 0 Å². The summed E-state index contributed by atoms with van der Waals surface area (Å²) < 4.78 is 5.32. The molecule has 0 aliphatic rings. The predicted molar refractivity (Wildman–Crippen MR) is 78.7 cm³/mol. The van der Waals surface area contributed by atoms with E-state index in [2.05, 4.69) is 25.9 Å². The number of aromatic nitrogens is 2. The van der Waals surface area contributed by atoms with Gasteiger partial charge in [0.05, 0.1) is 0 Å². The van der Waals surface area contributed by atoms with Crippen LogP contribution >= 0.6 is 0 Å². The molecule has 3 N–H and O–H groups in total. The molecule has 7 heteroatoms. The van der Waals surface area contributed by atoms with Gasteiger partial charge < -0.3 is 20.7 Å². The summed E-state index contributed by atoms with van der Waals surface area (Å²) >= 11 is 0. The first-order valence-electron chi connectivity index (χ1n) is 6.83. The minimum absolute atomic E-state index is 0.00648. The van der Waals surface area contributed by atoms with Crippen LogP contribution in [-0.2, 0) is 16.1 Å². The van der Waals surface area contributed by atoms with Gasteiger partial charge in [0, 0.05) is 39.2 Å². The average Bonchev–Trinajstić information content (AvgIpc) is 2.45. The smallest absolute Gasteiger partial charge is 0.221 e. The number of amides is 1. The summed E-state index contributed by atoms with van der Waals surface area (Å²) in [5.41, 5.74) is 0. The molecule has 0 unspecified atom stereocenters. The predicted octanol–water partition coefficient (Wildman–Crippen LogP) is 0.993. The van der Waals surface area contributed by atoms with Gasteiger partial charge in [-0.3, -0.25) is 4.79 Å². The lowest BCUT2D eigenvalue weighted by Gasteiger charge is -2.10. The van der Waals surface area contributed by atoms with Gasteiger partial charge in [0.2, 0.25) is 5.91 Å². The molecule has 1 heterocycles. The van der Waals surface area contributed by atoms with E-state index in [0.29, 0.717) is 37.8 Å². The summed E-state index contributed by atoms with van der Waals surface area (Å²) in [5, 5.41) is 8.85. The standard InChI is InChI=1S/C13H23N5O2/c1-4-15-10-8-11(16-7-6-13(19)14-3)18-12(17-10)9-20-5-2/h8H,4-7,9H2,1-3H3,(H,14,19)(H2,15,16,17,18). The number of nitrogens with one attached hydrogen (secondary N) is 3. The van der Waals surface area contributed by atoms with Gasteiger partial charge in [0.25, 0.3) is 0 Å². The average molecular weight is 281 g/mol. The first-order chi connectivity index (χ1) is 9.69. The highest BCUT2D eigenvalue weighted by Gasteiger charge is 2.05. The van der Waals surface area contributed by atoms with Gasteiger partial charge in [-0.15, -0.1) is 0 Å². The lowest BCUT2D eigenvalue weighted by atomic mass is 10.4. The van der Waals surface area contributed by atoms with E-state index in [1.807, 2.05) is 19.9 Å². The van der Waals surface area contributed by atoms with Crippen molar-refractivity contribution in [1.29, 1.82) is 0 Å². The highest BCUT2D eigenvalue weighted by molar-refractivity contribution is 5.76. The molecule has 1 amide bonds. The third-order valence-corrected chi connectivity index (χ3v) is 2.50. The lowest BCUT2D eigenvalue weighted by Crippen LogP contribution is -2.21. The Bertz CT molecular complexity index is 425. The number of ether oxygens (including phenoxy) is 1. The summed E-state index contributed by atoms with van der Waals surface area (Å²) in [4.78, 5) is 19.9. The maximum absolute atomic E-state index is 11.2. The van der Waals surface area contributed by atoms with E-state index < -0.39 is 0 Å². The molecule has 0 atom stereocenters. The quantitative estimate of drug-likeness (QED) is 0.625. The Hall–Kier alpha value is -1.89. The maximum atomic E-state index is 11.2. The lowest BCUT2D eigenvalue weighted by molar-refractivity contribution is -0.120. The molecule has 1 rings (SSSR count). The van der Waals surface area contributed by atoms with E-state index in [-0.39, 0.29) is 5.91 Å². The fourth-order valence-electron chi connectivity index (χ4n) is 1.55. The Morgan fingerprint density at radius 1 is 1.25 bits per heavy atom. The third kappa shape index (κ3) is 5.83. The summed E-state index contributed by atoms with van der Waals surface area (Å²) in [5.74, 6) is 2.05. The first-order valence-corrected chi connectivity index (χ1v) is 6.83. The van der Waals surface area contributed by atoms with Crippen LogP contribution in [-0.4, -0.2) is 42.6 Å². The van der Waals surface area contributed by atoms with Crippen LogP contribution in [0.3, 0.4) is 0 Å². The molecule has 0 aliphatic carbocycles. The Kier molecular flexibility index (Phi) is 7.34. The minimum Gasteiger partial charge on any atom is -0.374 e. The van der Waals surface area contributed by atoms with Gasteiger partial charge in [0.15, 0.2) is 5.82 Å². The normalized spacial score (nSPS) is 10.2. The summed E-state index contributed by atoms with van der Waals surface area (Å²) in [6, 6.07) is 1.82. The molecule has 0 saturated carbocycles. The minimum atomic E-state index is -0.00648. The topological polar surface area (TPSA) is 88.2 Å². The molecule has 0 aliphatic heterocycles. The van der Waals surface area contributed by atoms with Gasteiger partial charge >= 0.3 is 0 Å². The van der Waals surface area contributed by atoms with Gasteiger partial charge in [0.1, 0.15) is 18.2 Å². The third-order valence-electron chi connectivity index (χ3n) is 2.50. The molecular formula is C13H23N5O2. The van der Waals surface area contributed by atoms with Gasteiger partial charge in [-0.25, -0.2) is 9.97 Å². The van der Waals surface area contributed by atoms with Crippen molar-refractivity contribution in [3.8, 4) is 0 Å². The van der Waals surface area contributed by atoms with E-state index in [0.717, 1.165) is 12.4 Å². The molecule has 20 heavy (non-hydrogen) atoms. The van der Waals surface area contributed by atoms with Crippen molar-refractivity contribution in [2.75, 3.05) is 37.4 Å². The second-order valence-electron chi connectivity index (χ2n) is 4.07. The van der Waals surface area contributed by atoms with E-state index >= 15 is 0 Å². The number of carbonyl (C=O) groups is 1. The van der Waals surface area contributed by atoms with E-state index in [1.54, 1.807) is 7.05 Å². The summed E-state index contributed by atoms with van der Waals surface area (Å²) in [6.45, 7) is 6.23. The van der Waals surface area contributed by atoms with Crippen LogP contribution in [0, 0.1) is 0 Å². The van der Waals surface area contributed by atoms with Crippen molar-refractivity contribution in [2.24, 2.45) is 0 Å². The molecule has 0 radical (unpaired) electrons. The van der Waals surface area contributed by atoms with Crippen molar-refractivity contribution >= 4 is 17.5 Å². The molecule has 7 nitrogen and oxygen atoms in total. The molecule has 0 bridgehead atoms. The fourth-order valence-corrected chi connectivity index (χ4v) is 1.55. The highest BCUT2D eigenvalue weighted by Crippen LogP contribution is 2.12. The van der Waals surface area contributed by atoms with Crippen LogP contribution in [0.4, 0.5) is 11.6 Å². The largest absolute Gasteiger partial charge is 0.374 e. The Morgan fingerprint density at radius 3 is 2.55 bits per heavy atom. The number of rotatable bonds is 9. The van der Waals surface area contributed by atoms with Crippen molar-refractivity contribution in [3.63, 3.8) is 0 Å². The van der Waals surface area contributed by atoms with Crippen LogP contribution in [0.1, 0.15) is 26.1 Å². The SMILES string of the molecule is CCNc1cc(NCCC(=O)NC)nc(COCC)n1. The van der Waals surface area contributed by atoms with Gasteiger partial charge in [-0.05, 0) is 13.8 Å². The van der Waals surface area contributed by atoms with Crippen LogP contribution < -0.4 is 16.0 Å². The zero-order valence-corrected chi connectivity index (χ0v) is 12.3. The molecule has 0 saturated heterocycles. The Labute approximate surface area is 119 Å². The van der Waals surface area contributed by atoms with Crippen LogP contribution in [0.2, 0.25) is 0 Å². The van der Waals surface area contributed by atoms with Crippen LogP contribution in [0.25, 0.3) is 0 Å². The van der Waals surface area contributed by atoms with E-state index in [9.17, 15) is 4.79 Å².